The topological polar surface area (TPSA) is 32.3 Å². The van der Waals surface area contributed by atoms with Crippen molar-refractivity contribution in [3.05, 3.63) is 12.7 Å². The summed E-state index contributed by atoms with van der Waals surface area (Å²) in [4.78, 5) is 0. The molecule has 0 saturated heterocycles. The summed E-state index contributed by atoms with van der Waals surface area (Å²) in [6.45, 7) is 5.39. The van der Waals surface area contributed by atoms with Crippen LogP contribution in [0.15, 0.2) is 12.7 Å². The largest absolute Gasteiger partial charge is 0.386 e. The van der Waals surface area contributed by atoms with Crippen molar-refractivity contribution in [2.75, 3.05) is 6.54 Å². The maximum Gasteiger partial charge on any atom is 0.265 e. The fourth-order valence-corrected chi connectivity index (χ4v) is 0.881. The molecule has 0 aliphatic rings. The van der Waals surface area contributed by atoms with Gasteiger partial charge in [0.2, 0.25) is 0 Å². The molecule has 0 spiro atoms. The molecule has 2 N–H and O–H groups in total. The molecule has 0 fully saturated rings. The van der Waals surface area contributed by atoms with Gasteiger partial charge in [-0.25, -0.2) is 8.78 Å². The standard InChI is InChI=1S/C9H17F2NO/c1-3-4-5-7(2)12-6-8(13)9(10)11/h3,7-9,12-13H,1,4-6H2,2H3. The number of rotatable bonds is 7. The lowest BCUT2D eigenvalue weighted by molar-refractivity contribution is -0.00444. The van der Waals surface area contributed by atoms with E-state index < -0.39 is 12.5 Å². The van der Waals surface area contributed by atoms with Crippen LogP contribution in [0.2, 0.25) is 0 Å². The minimum absolute atomic E-state index is 0.0595. The molecular formula is C9H17F2NO. The number of halogens is 2. The molecule has 0 radical (unpaired) electrons. The van der Waals surface area contributed by atoms with Crippen molar-refractivity contribution < 1.29 is 13.9 Å². The van der Waals surface area contributed by atoms with Gasteiger partial charge in [-0.15, -0.1) is 6.58 Å². The monoisotopic (exact) mass is 193 g/mol. The summed E-state index contributed by atoms with van der Waals surface area (Å²) < 4.78 is 23.6. The molecule has 0 aromatic rings. The Hall–Kier alpha value is -0.480. The Balaban J connectivity index is 3.45. The van der Waals surface area contributed by atoms with Crippen molar-refractivity contribution in [3.63, 3.8) is 0 Å². The van der Waals surface area contributed by atoms with E-state index in [1.165, 1.54) is 0 Å². The molecule has 78 valence electrons. The highest BCUT2D eigenvalue weighted by atomic mass is 19.3. The van der Waals surface area contributed by atoms with E-state index in [1.807, 2.05) is 6.92 Å². The van der Waals surface area contributed by atoms with Crippen molar-refractivity contribution >= 4 is 0 Å². The molecule has 0 amide bonds. The second-order valence-electron chi connectivity index (χ2n) is 3.08. The maximum absolute atomic E-state index is 11.8. The van der Waals surface area contributed by atoms with E-state index in [0.717, 1.165) is 12.8 Å². The summed E-state index contributed by atoms with van der Waals surface area (Å²) >= 11 is 0. The Morgan fingerprint density at radius 3 is 2.62 bits per heavy atom. The van der Waals surface area contributed by atoms with Crippen LogP contribution < -0.4 is 5.32 Å². The van der Waals surface area contributed by atoms with E-state index in [2.05, 4.69) is 11.9 Å². The van der Waals surface area contributed by atoms with Gasteiger partial charge in [0.25, 0.3) is 6.43 Å². The zero-order valence-electron chi connectivity index (χ0n) is 7.84. The molecule has 2 unspecified atom stereocenters. The van der Waals surface area contributed by atoms with Crippen LogP contribution in [0.1, 0.15) is 19.8 Å². The third-order valence-corrected chi connectivity index (χ3v) is 1.77. The molecule has 0 aromatic carbocycles. The normalized spacial score (nSPS) is 15.8. The second kappa shape index (κ2) is 6.97. The van der Waals surface area contributed by atoms with Crippen LogP contribution >= 0.6 is 0 Å². The van der Waals surface area contributed by atoms with Crippen molar-refractivity contribution in [3.8, 4) is 0 Å². The fraction of sp³-hybridized carbons (Fsp3) is 0.778. The number of aliphatic hydroxyl groups is 1. The number of hydrogen-bond acceptors (Lipinski definition) is 2. The van der Waals surface area contributed by atoms with Gasteiger partial charge >= 0.3 is 0 Å². The summed E-state index contributed by atoms with van der Waals surface area (Å²) in [6.07, 6.45) is -0.759. The van der Waals surface area contributed by atoms with Crippen molar-refractivity contribution in [1.82, 2.24) is 5.32 Å². The molecule has 13 heavy (non-hydrogen) atoms. The Kier molecular flexibility index (Phi) is 6.72. The highest BCUT2D eigenvalue weighted by molar-refractivity contribution is 4.72. The molecule has 0 aromatic heterocycles. The lowest BCUT2D eigenvalue weighted by Crippen LogP contribution is -2.37. The van der Waals surface area contributed by atoms with Gasteiger partial charge in [0.15, 0.2) is 0 Å². The average Bonchev–Trinajstić information content (AvgIpc) is 2.10. The molecule has 0 heterocycles. The molecule has 2 atom stereocenters. The Bertz CT molecular complexity index is 142. The van der Waals surface area contributed by atoms with Crippen molar-refractivity contribution in [2.45, 2.75) is 38.3 Å². The van der Waals surface area contributed by atoms with Gasteiger partial charge in [-0.3, -0.25) is 0 Å². The van der Waals surface area contributed by atoms with E-state index in [0.29, 0.717) is 0 Å². The van der Waals surface area contributed by atoms with Gasteiger partial charge in [0.05, 0.1) is 0 Å². The Morgan fingerprint density at radius 1 is 1.54 bits per heavy atom. The minimum atomic E-state index is -2.67. The molecule has 0 aliphatic carbocycles. The van der Waals surface area contributed by atoms with E-state index in [9.17, 15) is 8.78 Å². The summed E-state index contributed by atoms with van der Waals surface area (Å²) in [6, 6.07) is 0.131. The SMILES string of the molecule is C=CCCC(C)NCC(O)C(F)F. The number of alkyl halides is 2. The molecule has 0 bridgehead atoms. The van der Waals surface area contributed by atoms with Crippen LogP contribution in [0, 0.1) is 0 Å². The molecule has 2 nitrogen and oxygen atoms in total. The van der Waals surface area contributed by atoms with Crippen LogP contribution in [-0.2, 0) is 0 Å². The first-order valence-electron chi connectivity index (χ1n) is 4.38. The average molecular weight is 193 g/mol. The van der Waals surface area contributed by atoms with Crippen LogP contribution in [-0.4, -0.2) is 30.2 Å². The van der Waals surface area contributed by atoms with Gasteiger partial charge in [-0.2, -0.15) is 0 Å². The summed E-state index contributed by atoms with van der Waals surface area (Å²) in [5.41, 5.74) is 0. The van der Waals surface area contributed by atoms with Gasteiger partial charge in [-0.05, 0) is 19.8 Å². The third-order valence-electron chi connectivity index (χ3n) is 1.77. The first-order valence-corrected chi connectivity index (χ1v) is 4.38. The van der Waals surface area contributed by atoms with Crippen LogP contribution in [0.3, 0.4) is 0 Å². The minimum Gasteiger partial charge on any atom is -0.386 e. The lowest BCUT2D eigenvalue weighted by Gasteiger charge is -2.15. The van der Waals surface area contributed by atoms with Crippen molar-refractivity contribution in [1.29, 1.82) is 0 Å². The first kappa shape index (κ1) is 12.5. The predicted octanol–water partition coefficient (Wildman–Crippen LogP) is 1.56. The van der Waals surface area contributed by atoms with Gasteiger partial charge < -0.3 is 10.4 Å². The second-order valence-corrected chi connectivity index (χ2v) is 3.08. The molecular weight excluding hydrogens is 176 g/mol. The van der Waals surface area contributed by atoms with E-state index in [4.69, 9.17) is 5.11 Å². The summed E-state index contributed by atoms with van der Waals surface area (Å²) in [7, 11) is 0. The van der Waals surface area contributed by atoms with Gasteiger partial charge in [-0.1, -0.05) is 6.08 Å². The Morgan fingerprint density at radius 2 is 2.15 bits per heavy atom. The smallest absolute Gasteiger partial charge is 0.265 e. The first-order chi connectivity index (χ1) is 6.07. The molecule has 0 aliphatic heterocycles. The predicted molar refractivity (Wildman–Crippen MR) is 48.9 cm³/mol. The molecule has 0 rings (SSSR count). The fourth-order valence-electron chi connectivity index (χ4n) is 0.881. The summed E-state index contributed by atoms with van der Waals surface area (Å²) in [5, 5.41) is 11.6. The van der Waals surface area contributed by atoms with E-state index in [-0.39, 0.29) is 12.6 Å². The number of allylic oxidation sites excluding steroid dienone is 1. The van der Waals surface area contributed by atoms with Gasteiger partial charge in [0.1, 0.15) is 6.10 Å². The van der Waals surface area contributed by atoms with E-state index >= 15 is 0 Å². The van der Waals surface area contributed by atoms with Gasteiger partial charge in [0, 0.05) is 12.6 Å². The maximum atomic E-state index is 11.8. The zero-order chi connectivity index (χ0) is 10.3. The van der Waals surface area contributed by atoms with Crippen LogP contribution in [0.25, 0.3) is 0 Å². The molecule has 4 heteroatoms. The summed E-state index contributed by atoms with van der Waals surface area (Å²) in [5.74, 6) is 0. The van der Waals surface area contributed by atoms with Crippen molar-refractivity contribution in [2.24, 2.45) is 0 Å². The zero-order valence-corrected chi connectivity index (χ0v) is 7.84. The third kappa shape index (κ3) is 6.66. The van der Waals surface area contributed by atoms with Crippen LogP contribution in [0.5, 0.6) is 0 Å². The highest BCUT2D eigenvalue weighted by Gasteiger charge is 2.16. The van der Waals surface area contributed by atoms with E-state index in [1.54, 1.807) is 6.08 Å². The number of nitrogens with one attached hydrogen (secondary N) is 1. The number of hydrogen-bond donors (Lipinski definition) is 2. The lowest BCUT2D eigenvalue weighted by atomic mass is 10.2. The molecule has 0 saturated carbocycles. The Labute approximate surface area is 77.6 Å². The highest BCUT2D eigenvalue weighted by Crippen LogP contribution is 2.01. The quantitative estimate of drug-likeness (QED) is 0.601. The number of aliphatic hydroxyl groups excluding tert-OH is 1. The van der Waals surface area contributed by atoms with Crippen LogP contribution in [0.4, 0.5) is 8.78 Å².